The minimum absolute atomic E-state index is 0.155. The predicted molar refractivity (Wildman–Crippen MR) is 107 cm³/mol. The zero-order chi connectivity index (χ0) is 20.2. The average Bonchev–Trinajstić information content (AvgIpc) is 2.71. The van der Waals surface area contributed by atoms with Crippen LogP contribution in [0.5, 0.6) is 0 Å². The summed E-state index contributed by atoms with van der Waals surface area (Å²) in [5.41, 5.74) is 0.934. The van der Waals surface area contributed by atoms with E-state index in [1.165, 1.54) is 11.8 Å². The monoisotopic (exact) mass is 402 g/mol. The lowest BCUT2D eigenvalue weighted by atomic mass is 10.2. The molecule has 2 amide bonds. The van der Waals surface area contributed by atoms with Crippen LogP contribution in [0.1, 0.15) is 10.4 Å². The molecule has 0 saturated carbocycles. The van der Waals surface area contributed by atoms with Crippen molar-refractivity contribution < 1.29 is 23.9 Å². The largest absolute Gasteiger partial charge is 0.452 e. The number of methoxy groups -OCH3 is 1. The molecule has 7 nitrogen and oxygen atoms in total. The Morgan fingerprint density at radius 3 is 2.43 bits per heavy atom. The molecule has 0 fully saturated rings. The van der Waals surface area contributed by atoms with Gasteiger partial charge in [-0.2, -0.15) is 0 Å². The van der Waals surface area contributed by atoms with E-state index < -0.39 is 18.5 Å². The van der Waals surface area contributed by atoms with Crippen LogP contribution in [0.4, 0.5) is 5.69 Å². The lowest BCUT2D eigenvalue weighted by Gasteiger charge is -2.10. The fourth-order valence-electron chi connectivity index (χ4n) is 2.18. The highest BCUT2D eigenvalue weighted by Crippen LogP contribution is 2.23. The second-order valence-electron chi connectivity index (χ2n) is 5.62. The smallest absolute Gasteiger partial charge is 0.339 e. The standard InChI is InChI=1S/C20H22N2O5S/c1-26-12-11-21-19(24)14-28-17-10-6-5-9-16(17)20(25)27-13-18(23)22-15-7-3-2-4-8-15/h2-10H,11-14H2,1H3,(H,21,24)(H,22,23). The van der Waals surface area contributed by atoms with E-state index in [-0.39, 0.29) is 11.7 Å². The van der Waals surface area contributed by atoms with Gasteiger partial charge in [-0.25, -0.2) is 4.79 Å². The number of ether oxygens (including phenoxy) is 2. The molecule has 8 heteroatoms. The zero-order valence-electron chi connectivity index (χ0n) is 15.5. The first kappa shape index (κ1) is 21.5. The summed E-state index contributed by atoms with van der Waals surface area (Å²) >= 11 is 1.22. The predicted octanol–water partition coefficient (Wildman–Crippen LogP) is 2.34. The Morgan fingerprint density at radius 2 is 1.68 bits per heavy atom. The Morgan fingerprint density at radius 1 is 0.964 bits per heavy atom. The molecule has 2 aromatic carbocycles. The average molecular weight is 402 g/mol. The van der Waals surface area contributed by atoms with E-state index in [1.807, 2.05) is 6.07 Å². The van der Waals surface area contributed by atoms with E-state index in [1.54, 1.807) is 55.6 Å². The maximum atomic E-state index is 12.3. The molecule has 0 spiro atoms. The number of anilines is 1. The summed E-state index contributed by atoms with van der Waals surface area (Å²) in [6.07, 6.45) is 0. The maximum absolute atomic E-state index is 12.3. The quantitative estimate of drug-likeness (QED) is 0.360. The first-order chi connectivity index (χ1) is 13.6. The topological polar surface area (TPSA) is 93.7 Å². The minimum atomic E-state index is -0.619. The SMILES string of the molecule is COCCNC(=O)CSc1ccccc1C(=O)OCC(=O)Nc1ccccc1. The Bertz CT molecular complexity index is 798. The number of amides is 2. The summed E-state index contributed by atoms with van der Waals surface area (Å²) in [6, 6.07) is 15.7. The van der Waals surface area contributed by atoms with Gasteiger partial charge in [-0.05, 0) is 24.3 Å². The molecule has 0 radical (unpaired) electrons. The number of carbonyl (C=O) groups is 3. The van der Waals surface area contributed by atoms with Crippen molar-refractivity contribution in [3.8, 4) is 0 Å². The van der Waals surface area contributed by atoms with Gasteiger partial charge >= 0.3 is 5.97 Å². The van der Waals surface area contributed by atoms with Crippen molar-refractivity contribution in [3.63, 3.8) is 0 Å². The second kappa shape index (κ2) is 11.8. The lowest BCUT2D eigenvalue weighted by molar-refractivity contribution is -0.119. The molecular weight excluding hydrogens is 380 g/mol. The third-order valence-electron chi connectivity index (χ3n) is 3.49. The highest BCUT2D eigenvalue weighted by molar-refractivity contribution is 8.00. The number of rotatable bonds is 10. The molecule has 0 atom stereocenters. The van der Waals surface area contributed by atoms with Gasteiger partial charge in [0.05, 0.1) is 17.9 Å². The van der Waals surface area contributed by atoms with E-state index >= 15 is 0 Å². The highest BCUT2D eigenvalue weighted by Gasteiger charge is 2.15. The van der Waals surface area contributed by atoms with Crippen molar-refractivity contribution in [1.29, 1.82) is 0 Å². The fraction of sp³-hybridized carbons (Fsp3) is 0.250. The normalized spacial score (nSPS) is 10.2. The molecule has 0 bridgehead atoms. The Kier molecular flexibility index (Phi) is 9.03. The number of esters is 1. The molecule has 28 heavy (non-hydrogen) atoms. The summed E-state index contributed by atoms with van der Waals surface area (Å²) in [7, 11) is 1.56. The van der Waals surface area contributed by atoms with Gasteiger partial charge in [0, 0.05) is 24.2 Å². The van der Waals surface area contributed by atoms with E-state index in [0.29, 0.717) is 29.3 Å². The molecule has 148 valence electrons. The van der Waals surface area contributed by atoms with Crippen LogP contribution in [0.15, 0.2) is 59.5 Å². The van der Waals surface area contributed by atoms with Gasteiger partial charge in [-0.3, -0.25) is 9.59 Å². The number of nitrogens with one attached hydrogen (secondary N) is 2. The third kappa shape index (κ3) is 7.42. The van der Waals surface area contributed by atoms with E-state index in [4.69, 9.17) is 9.47 Å². The van der Waals surface area contributed by atoms with E-state index in [2.05, 4.69) is 10.6 Å². The van der Waals surface area contributed by atoms with E-state index in [9.17, 15) is 14.4 Å². The molecule has 0 aromatic heterocycles. The van der Waals surface area contributed by atoms with Crippen LogP contribution in [0.3, 0.4) is 0 Å². The minimum Gasteiger partial charge on any atom is -0.452 e. The molecule has 0 heterocycles. The second-order valence-corrected chi connectivity index (χ2v) is 6.64. The summed E-state index contributed by atoms with van der Waals surface area (Å²) < 4.78 is 9.98. The van der Waals surface area contributed by atoms with Crippen LogP contribution in [0.25, 0.3) is 0 Å². The molecule has 0 aliphatic carbocycles. The van der Waals surface area contributed by atoms with Crippen molar-refractivity contribution in [2.24, 2.45) is 0 Å². The van der Waals surface area contributed by atoms with Crippen LogP contribution in [-0.4, -0.2) is 50.4 Å². The third-order valence-corrected chi connectivity index (χ3v) is 4.56. The molecule has 2 rings (SSSR count). The van der Waals surface area contributed by atoms with Crippen LogP contribution < -0.4 is 10.6 Å². The van der Waals surface area contributed by atoms with Gasteiger partial charge in [0.25, 0.3) is 5.91 Å². The zero-order valence-corrected chi connectivity index (χ0v) is 16.3. The lowest BCUT2D eigenvalue weighted by Crippen LogP contribution is -2.28. The molecule has 0 saturated heterocycles. The molecular formula is C20H22N2O5S. The van der Waals surface area contributed by atoms with Gasteiger partial charge < -0.3 is 20.1 Å². The Hall–Kier alpha value is -2.84. The summed E-state index contributed by atoms with van der Waals surface area (Å²) in [5, 5.41) is 5.36. The summed E-state index contributed by atoms with van der Waals surface area (Å²) in [5.74, 6) is -1.05. The number of hydrogen-bond donors (Lipinski definition) is 2. The maximum Gasteiger partial charge on any atom is 0.339 e. The van der Waals surface area contributed by atoms with Crippen LogP contribution in [0.2, 0.25) is 0 Å². The molecule has 2 N–H and O–H groups in total. The van der Waals surface area contributed by atoms with Crippen molar-refractivity contribution in [1.82, 2.24) is 5.32 Å². The van der Waals surface area contributed by atoms with Gasteiger partial charge in [0.15, 0.2) is 6.61 Å². The number of benzene rings is 2. The summed E-state index contributed by atoms with van der Waals surface area (Å²) in [4.78, 5) is 36.7. The van der Waals surface area contributed by atoms with Crippen molar-refractivity contribution >= 4 is 35.2 Å². The number of carbonyl (C=O) groups excluding carboxylic acids is 3. The Labute approximate surface area is 167 Å². The van der Waals surface area contributed by atoms with Gasteiger partial charge in [0.2, 0.25) is 5.91 Å². The molecule has 0 unspecified atom stereocenters. The number of para-hydroxylation sites is 1. The number of thioether (sulfide) groups is 1. The number of hydrogen-bond acceptors (Lipinski definition) is 6. The molecule has 0 aliphatic heterocycles. The van der Waals surface area contributed by atoms with Crippen molar-refractivity contribution in [2.45, 2.75) is 4.90 Å². The first-order valence-electron chi connectivity index (χ1n) is 8.59. The molecule has 0 aliphatic rings. The molecule has 2 aromatic rings. The van der Waals surface area contributed by atoms with Crippen LogP contribution >= 0.6 is 11.8 Å². The van der Waals surface area contributed by atoms with Crippen molar-refractivity contribution in [3.05, 3.63) is 60.2 Å². The highest BCUT2D eigenvalue weighted by atomic mass is 32.2. The van der Waals surface area contributed by atoms with Gasteiger partial charge in [-0.1, -0.05) is 30.3 Å². The van der Waals surface area contributed by atoms with Gasteiger partial charge in [0.1, 0.15) is 0 Å². The van der Waals surface area contributed by atoms with E-state index in [0.717, 1.165) is 0 Å². The fourth-order valence-corrected chi connectivity index (χ4v) is 3.05. The Balaban J connectivity index is 1.85. The van der Waals surface area contributed by atoms with Crippen molar-refractivity contribution in [2.75, 3.05) is 37.9 Å². The first-order valence-corrected chi connectivity index (χ1v) is 9.58. The van der Waals surface area contributed by atoms with Gasteiger partial charge in [-0.15, -0.1) is 11.8 Å². The summed E-state index contributed by atoms with van der Waals surface area (Å²) in [6.45, 7) is 0.463. The van der Waals surface area contributed by atoms with Crippen LogP contribution in [0, 0.1) is 0 Å². The van der Waals surface area contributed by atoms with Crippen LogP contribution in [-0.2, 0) is 19.1 Å².